The van der Waals surface area contributed by atoms with Crippen molar-refractivity contribution in [2.45, 2.75) is 45.0 Å². The molecule has 0 aromatic heterocycles. The maximum atomic E-state index is 11.9. The Morgan fingerprint density at radius 1 is 1.36 bits per heavy atom. The van der Waals surface area contributed by atoms with Crippen LogP contribution in [-0.2, 0) is 23.8 Å². The number of quaternary nitrogens is 1. The standard InChI is InChI=1S/C16H26NO5/c1-5-10-17(3,4)11-6-9-15(19)22-16-14(21-13(2)18)8-7-12-20-16/h1,14,16H,6-12H2,2-4H3/q+1. The fourth-order valence-corrected chi connectivity index (χ4v) is 2.33. The quantitative estimate of drug-likeness (QED) is 0.400. The van der Waals surface area contributed by atoms with E-state index in [0.717, 1.165) is 13.0 Å². The molecule has 6 nitrogen and oxygen atoms in total. The largest absolute Gasteiger partial charge is 0.456 e. The van der Waals surface area contributed by atoms with Crippen molar-refractivity contribution in [3.05, 3.63) is 0 Å². The number of terminal acetylenes is 1. The van der Waals surface area contributed by atoms with Crippen molar-refractivity contribution in [1.82, 2.24) is 0 Å². The van der Waals surface area contributed by atoms with E-state index >= 15 is 0 Å². The second kappa shape index (κ2) is 8.76. The van der Waals surface area contributed by atoms with Gasteiger partial charge in [-0.3, -0.25) is 9.59 Å². The molecule has 0 spiro atoms. The molecule has 1 rings (SSSR count). The van der Waals surface area contributed by atoms with Crippen molar-refractivity contribution < 1.29 is 28.3 Å². The summed E-state index contributed by atoms with van der Waals surface area (Å²) in [5.41, 5.74) is 0. The molecule has 0 aliphatic carbocycles. The zero-order chi connectivity index (χ0) is 16.6. The molecule has 0 bridgehead atoms. The Bertz CT molecular complexity index is 427. The van der Waals surface area contributed by atoms with E-state index in [-0.39, 0.29) is 5.97 Å². The van der Waals surface area contributed by atoms with Crippen LogP contribution in [0.25, 0.3) is 0 Å². The van der Waals surface area contributed by atoms with Crippen LogP contribution in [0.3, 0.4) is 0 Å². The minimum atomic E-state index is -0.793. The number of hydrogen-bond donors (Lipinski definition) is 0. The summed E-state index contributed by atoms with van der Waals surface area (Å²) in [7, 11) is 4.04. The second-order valence-corrected chi connectivity index (χ2v) is 6.14. The van der Waals surface area contributed by atoms with Crippen molar-refractivity contribution in [1.29, 1.82) is 0 Å². The van der Waals surface area contributed by atoms with Gasteiger partial charge in [-0.05, 0) is 18.8 Å². The molecule has 0 saturated carbocycles. The highest BCUT2D eigenvalue weighted by atomic mass is 16.7. The van der Waals surface area contributed by atoms with Gasteiger partial charge in [-0.15, -0.1) is 6.42 Å². The summed E-state index contributed by atoms with van der Waals surface area (Å²) in [6, 6.07) is 0. The Morgan fingerprint density at radius 2 is 2.09 bits per heavy atom. The van der Waals surface area contributed by atoms with Gasteiger partial charge in [0.05, 0.1) is 33.7 Å². The number of hydrogen-bond acceptors (Lipinski definition) is 5. The van der Waals surface area contributed by atoms with Gasteiger partial charge in [0, 0.05) is 13.3 Å². The Balaban J connectivity index is 2.36. The van der Waals surface area contributed by atoms with Crippen molar-refractivity contribution in [3.8, 4) is 12.3 Å². The van der Waals surface area contributed by atoms with Crippen molar-refractivity contribution in [2.24, 2.45) is 0 Å². The molecule has 0 radical (unpaired) electrons. The summed E-state index contributed by atoms with van der Waals surface area (Å²) in [6.45, 7) is 3.24. The molecule has 0 aromatic carbocycles. The Hall–Kier alpha value is -1.58. The minimum absolute atomic E-state index is 0.291. The molecule has 1 aliphatic heterocycles. The first-order valence-corrected chi connectivity index (χ1v) is 7.58. The SMILES string of the molecule is C#CC[N+](C)(C)CCCC(=O)OC1OCCCC1OC(C)=O. The van der Waals surface area contributed by atoms with Crippen LogP contribution in [0.15, 0.2) is 0 Å². The third-order valence-electron chi connectivity index (χ3n) is 3.45. The average Bonchev–Trinajstić information content (AvgIpc) is 2.40. The van der Waals surface area contributed by atoms with E-state index in [2.05, 4.69) is 5.92 Å². The fraction of sp³-hybridized carbons (Fsp3) is 0.750. The molecule has 0 amide bonds. The van der Waals surface area contributed by atoms with E-state index in [1.54, 1.807) is 0 Å². The smallest absolute Gasteiger partial charge is 0.308 e. The second-order valence-electron chi connectivity index (χ2n) is 6.14. The number of rotatable bonds is 7. The summed E-state index contributed by atoms with van der Waals surface area (Å²) in [6.07, 6.45) is 6.40. The molecular formula is C16H26NO5+. The monoisotopic (exact) mass is 312 g/mol. The van der Waals surface area contributed by atoms with Gasteiger partial charge >= 0.3 is 11.9 Å². The third kappa shape index (κ3) is 6.92. The Labute approximate surface area is 132 Å². The maximum absolute atomic E-state index is 11.9. The molecule has 0 N–H and O–H groups in total. The predicted octanol–water partition coefficient (Wildman–Crippen LogP) is 1.09. The Morgan fingerprint density at radius 3 is 2.73 bits per heavy atom. The summed E-state index contributed by atoms with van der Waals surface area (Å²) in [4.78, 5) is 22.9. The lowest BCUT2D eigenvalue weighted by molar-refractivity contribution is -0.883. The molecule has 1 aliphatic rings. The number of ether oxygens (including phenoxy) is 3. The number of nitrogens with zero attached hydrogens (tertiary/aromatic N) is 1. The summed E-state index contributed by atoms with van der Waals surface area (Å²) < 4.78 is 16.5. The molecule has 1 heterocycles. The highest BCUT2D eigenvalue weighted by Crippen LogP contribution is 2.19. The van der Waals surface area contributed by atoms with Crippen LogP contribution in [0.2, 0.25) is 0 Å². The van der Waals surface area contributed by atoms with Crippen LogP contribution in [0.1, 0.15) is 32.6 Å². The highest BCUT2D eigenvalue weighted by molar-refractivity contribution is 5.69. The predicted molar refractivity (Wildman–Crippen MR) is 80.5 cm³/mol. The molecular weight excluding hydrogens is 286 g/mol. The summed E-state index contributed by atoms with van der Waals surface area (Å²) >= 11 is 0. The normalized spacial score (nSPS) is 21.7. The van der Waals surface area contributed by atoms with E-state index < -0.39 is 18.4 Å². The van der Waals surface area contributed by atoms with Crippen LogP contribution in [-0.4, -0.2) is 62.6 Å². The first-order chi connectivity index (χ1) is 10.3. The van der Waals surface area contributed by atoms with Gasteiger partial charge < -0.3 is 18.7 Å². The zero-order valence-corrected chi connectivity index (χ0v) is 13.7. The van der Waals surface area contributed by atoms with Crippen molar-refractivity contribution >= 4 is 11.9 Å². The Kier molecular flexibility index (Phi) is 7.36. The highest BCUT2D eigenvalue weighted by Gasteiger charge is 2.31. The van der Waals surface area contributed by atoms with Crippen molar-refractivity contribution in [3.63, 3.8) is 0 Å². The minimum Gasteiger partial charge on any atom is -0.456 e. The molecule has 22 heavy (non-hydrogen) atoms. The number of esters is 2. The van der Waals surface area contributed by atoms with Gasteiger partial charge in [-0.25, -0.2) is 0 Å². The van der Waals surface area contributed by atoms with E-state index in [1.807, 2.05) is 14.1 Å². The first kappa shape index (κ1) is 18.5. The molecule has 2 unspecified atom stereocenters. The molecule has 6 heteroatoms. The molecule has 1 fully saturated rings. The van der Waals surface area contributed by atoms with Gasteiger partial charge in [0.1, 0.15) is 6.54 Å². The zero-order valence-electron chi connectivity index (χ0n) is 13.7. The molecule has 1 saturated heterocycles. The van der Waals surface area contributed by atoms with Crippen LogP contribution < -0.4 is 0 Å². The van der Waals surface area contributed by atoms with Gasteiger partial charge in [-0.2, -0.15) is 0 Å². The van der Waals surface area contributed by atoms with Gasteiger partial charge in [0.25, 0.3) is 0 Å². The van der Waals surface area contributed by atoms with E-state index in [1.165, 1.54) is 6.92 Å². The fourth-order valence-electron chi connectivity index (χ4n) is 2.33. The lowest BCUT2D eigenvalue weighted by Gasteiger charge is -2.30. The van der Waals surface area contributed by atoms with Crippen molar-refractivity contribution in [2.75, 3.05) is 33.8 Å². The van der Waals surface area contributed by atoms with Gasteiger partial charge in [0.15, 0.2) is 6.10 Å². The molecule has 2 atom stereocenters. The van der Waals surface area contributed by atoms with Crippen LogP contribution in [0.5, 0.6) is 0 Å². The number of carbonyl (C=O) groups excluding carboxylic acids is 2. The average molecular weight is 312 g/mol. The van der Waals surface area contributed by atoms with Gasteiger partial charge in [-0.1, -0.05) is 0 Å². The van der Waals surface area contributed by atoms with Crippen LogP contribution >= 0.6 is 0 Å². The topological polar surface area (TPSA) is 61.8 Å². The lowest BCUT2D eigenvalue weighted by Crippen LogP contribution is -2.42. The first-order valence-electron chi connectivity index (χ1n) is 7.58. The van der Waals surface area contributed by atoms with E-state index in [9.17, 15) is 9.59 Å². The molecule has 0 aromatic rings. The van der Waals surface area contributed by atoms with E-state index in [0.29, 0.717) is 36.9 Å². The third-order valence-corrected chi connectivity index (χ3v) is 3.45. The van der Waals surface area contributed by atoms with Crippen LogP contribution in [0.4, 0.5) is 0 Å². The number of carbonyl (C=O) groups is 2. The van der Waals surface area contributed by atoms with Gasteiger partial charge in [0.2, 0.25) is 6.29 Å². The summed E-state index contributed by atoms with van der Waals surface area (Å²) in [5, 5.41) is 0. The van der Waals surface area contributed by atoms with Crippen LogP contribution in [0, 0.1) is 12.3 Å². The molecule has 124 valence electrons. The summed E-state index contributed by atoms with van der Waals surface area (Å²) in [5.74, 6) is 1.88. The lowest BCUT2D eigenvalue weighted by atomic mass is 10.1. The van der Waals surface area contributed by atoms with E-state index in [4.69, 9.17) is 20.6 Å². The maximum Gasteiger partial charge on any atom is 0.308 e.